The third-order valence-electron chi connectivity index (χ3n) is 7.74. The van der Waals surface area contributed by atoms with Gasteiger partial charge in [-0.15, -0.1) is 0 Å². The first kappa shape index (κ1) is 27.9. The Morgan fingerprint density at radius 2 is 1.94 bits per heavy atom. The van der Waals surface area contributed by atoms with E-state index in [9.17, 15) is 9.90 Å². The maximum atomic E-state index is 12.6. The molecule has 2 saturated heterocycles. The lowest BCUT2D eigenvalue weighted by Gasteiger charge is -2.38. The molecule has 0 amide bonds. The number of esters is 1. The van der Waals surface area contributed by atoms with Gasteiger partial charge in [0.25, 0.3) is 0 Å². The predicted molar refractivity (Wildman–Crippen MR) is 136 cm³/mol. The summed E-state index contributed by atoms with van der Waals surface area (Å²) in [5.41, 5.74) is 1.69. The molecule has 196 valence electrons. The Bertz CT molecular complexity index is 796. The fourth-order valence-electron chi connectivity index (χ4n) is 5.64. The highest BCUT2D eigenvalue weighted by Gasteiger charge is 2.46. The molecule has 3 rings (SSSR count). The number of hydrogen-bond donors (Lipinski definition) is 1. The Morgan fingerprint density at radius 3 is 2.57 bits per heavy atom. The molecule has 1 aromatic rings. The molecule has 2 fully saturated rings. The minimum Gasteiger partial charge on any atom is -0.459 e. The van der Waals surface area contributed by atoms with Gasteiger partial charge >= 0.3 is 5.97 Å². The molecule has 0 radical (unpaired) electrons. The maximum Gasteiger partial charge on any atom is 0.338 e. The summed E-state index contributed by atoms with van der Waals surface area (Å²) < 4.78 is 24.8. The molecule has 2 aliphatic rings. The van der Waals surface area contributed by atoms with Gasteiger partial charge in [-0.1, -0.05) is 45.5 Å². The summed E-state index contributed by atoms with van der Waals surface area (Å²) in [6.45, 7) is 11.0. The molecule has 0 saturated carbocycles. The fourth-order valence-corrected chi connectivity index (χ4v) is 5.64. The minimum absolute atomic E-state index is 0.0113. The van der Waals surface area contributed by atoms with Crippen molar-refractivity contribution >= 4 is 5.97 Å². The van der Waals surface area contributed by atoms with Crippen LogP contribution < -0.4 is 0 Å². The van der Waals surface area contributed by atoms with Crippen LogP contribution in [0.3, 0.4) is 0 Å². The molecule has 1 aromatic carbocycles. The van der Waals surface area contributed by atoms with E-state index in [1.54, 1.807) is 19.2 Å². The van der Waals surface area contributed by atoms with E-state index in [2.05, 4.69) is 20.4 Å². The monoisotopic (exact) mass is 488 g/mol. The normalized spacial score (nSPS) is 31.9. The number of rotatable bonds is 12. The van der Waals surface area contributed by atoms with Crippen molar-refractivity contribution in [3.05, 3.63) is 48.0 Å². The van der Waals surface area contributed by atoms with Gasteiger partial charge < -0.3 is 24.1 Å². The average molecular weight is 489 g/mol. The summed E-state index contributed by atoms with van der Waals surface area (Å²) in [5, 5.41) is 9.24. The first-order chi connectivity index (χ1) is 16.9. The maximum absolute atomic E-state index is 12.6. The largest absolute Gasteiger partial charge is 0.459 e. The first-order valence-electron chi connectivity index (χ1n) is 13.3. The SMILES string of the molecule is C=C1C(C[C@@H]2O[C@H](C[C@@H](CC)OC(=O)c3ccccc3)[C@H](OC)[C@H]2CC)O[C@@H](CCCO)C[C@H]1C. The topological polar surface area (TPSA) is 74.2 Å². The van der Waals surface area contributed by atoms with Crippen LogP contribution in [0.2, 0.25) is 0 Å². The van der Waals surface area contributed by atoms with Gasteiger partial charge in [0.05, 0.1) is 36.1 Å². The second kappa shape index (κ2) is 13.5. The summed E-state index contributed by atoms with van der Waals surface area (Å²) >= 11 is 0. The van der Waals surface area contributed by atoms with Crippen LogP contribution in [0.4, 0.5) is 0 Å². The minimum atomic E-state index is -0.303. The van der Waals surface area contributed by atoms with E-state index in [1.165, 1.54) is 0 Å². The number of hydrogen-bond acceptors (Lipinski definition) is 6. The van der Waals surface area contributed by atoms with Crippen molar-refractivity contribution < 1.29 is 28.8 Å². The molecule has 35 heavy (non-hydrogen) atoms. The van der Waals surface area contributed by atoms with Crippen LogP contribution >= 0.6 is 0 Å². The Hall–Kier alpha value is -1.73. The predicted octanol–water partition coefficient (Wildman–Crippen LogP) is 5.33. The molecule has 0 aromatic heterocycles. The van der Waals surface area contributed by atoms with E-state index in [0.717, 1.165) is 37.7 Å². The zero-order valence-electron chi connectivity index (χ0n) is 21.9. The van der Waals surface area contributed by atoms with Crippen LogP contribution in [0.15, 0.2) is 42.5 Å². The number of aliphatic hydroxyl groups is 1. The smallest absolute Gasteiger partial charge is 0.338 e. The Balaban J connectivity index is 1.66. The summed E-state index contributed by atoms with van der Waals surface area (Å²) in [6.07, 6.45) is 5.17. The highest BCUT2D eigenvalue weighted by atomic mass is 16.6. The molecule has 2 heterocycles. The van der Waals surface area contributed by atoms with E-state index in [4.69, 9.17) is 18.9 Å². The van der Waals surface area contributed by atoms with Gasteiger partial charge in [0, 0.05) is 32.5 Å². The van der Waals surface area contributed by atoms with Crippen LogP contribution in [0.5, 0.6) is 0 Å². The quantitative estimate of drug-likeness (QED) is 0.317. The average Bonchev–Trinajstić information content (AvgIpc) is 3.20. The van der Waals surface area contributed by atoms with Crippen molar-refractivity contribution in [2.45, 2.75) is 102 Å². The van der Waals surface area contributed by atoms with Gasteiger partial charge in [-0.25, -0.2) is 4.79 Å². The molecule has 6 nitrogen and oxygen atoms in total. The van der Waals surface area contributed by atoms with E-state index in [0.29, 0.717) is 24.3 Å². The van der Waals surface area contributed by atoms with Gasteiger partial charge in [0.15, 0.2) is 0 Å². The zero-order chi connectivity index (χ0) is 25.4. The van der Waals surface area contributed by atoms with Crippen LogP contribution in [-0.2, 0) is 18.9 Å². The van der Waals surface area contributed by atoms with Gasteiger partial charge in [0.1, 0.15) is 6.10 Å². The molecule has 2 aliphatic heterocycles. The van der Waals surface area contributed by atoms with E-state index in [1.807, 2.05) is 25.1 Å². The lowest BCUT2D eigenvalue weighted by atomic mass is 9.83. The number of ether oxygens (including phenoxy) is 4. The summed E-state index contributed by atoms with van der Waals surface area (Å²) in [6, 6.07) is 9.11. The third kappa shape index (κ3) is 7.16. The highest BCUT2D eigenvalue weighted by Crippen LogP contribution is 2.40. The lowest BCUT2D eigenvalue weighted by molar-refractivity contribution is -0.0765. The lowest BCUT2D eigenvalue weighted by Crippen LogP contribution is -2.38. The van der Waals surface area contributed by atoms with E-state index >= 15 is 0 Å². The van der Waals surface area contributed by atoms with Crippen molar-refractivity contribution in [3.63, 3.8) is 0 Å². The second-order valence-electron chi connectivity index (χ2n) is 10.1. The molecular formula is C29H44O6. The Kier molecular flexibility index (Phi) is 10.8. The molecule has 6 heteroatoms. The molecule has 8 atom stereocenters. The zero-order valence-corrected chi connectivity index (χ0v) is 21.9. The molecule has 0 aliphatic carbocycles. The molecular weight excluding hydrogens is 444 g/mol. The van der Waals surface area contributed by atoms with Gasteiger partial charge in [-0.3, -0.25) is 0 Å². The molecule has 1 N–H and O–H groups in total. The van der Waals surface area contributed by atoms with Gasteiger partial charge in [-0.2, -0.15) is 0 Å². The molecule has 0 bridgehead atoms. The number of methoxy groups -OCH3 is 1. The van der Waals surface area contributed by atoms with Crippen molar-refractivity contribution in [2.24, 2.45) is 11.8 Å². The third-order valence-corrected chi connectivity index (χ3v) is 7.74. The number of aliphatic hydroxyl groups excluding tert-OH is 1. The van der Waals surface area contributed by atoms with Crippen molar-refractivity contribution in [1.82, 2.24) is 0 Å². The van der Waals surface area contributed by atoms with Crippen molar-refractivity contribution in [3.8, 4) is 0 Å². The van der Waals surface area contributed by atoms with Crippen LogP contribution in [0.25, 0.3) is 0 Å². The number of carbonyl (C=O) groups excluding carboxylic acids is 1. The van der Waals surface area contributed by atoms with Crippen LogP contribution in [0, 0.1) is 11.8 Å². The standard InChI is InChI=1S/C29H44O6/c1-6-22(34-29(31)21-12-9-8-10-13-21)17-27-28(32-5)24(7-2)26(35-27)18-25-20(4)19(3)16-23(33-25)14-11-15-30/h8-10,12-13,19,22-28,30H,4,6-7,11,14-18H2,1-3,5H3/t19-,22-,23+,24+,25?,26+,27-,28-/m1/s1. The number of benzene rings is 1. The van der Waals surface area contributed by atoms with Crippen LogP contribution in [-0.4, -0.2) is 61.4 Å². The summed E-state index contributed by atoms with van der Waals surface area (Å²) in [5.74, 6) is 0.314. The molecule has 0 spiro atoms. The summed E-state index contributed by atoms with van der Waals surface area (Å²) in [4.78, 5) is 12.6. The fraction of sp³-hybridized carbons (Fsp3) is 0.690. The van der Waals surface area contributed by atoms with Crippen LogP contribution in [0.1, 0.15) is 76.1 Å². The summed E-state index contributed by atoms with van der Waals surface area (Å²) in [7, 11) is 1.74. The number of carbonyl (C=O) groups is 1. The van der Waals surface area contributed by atoms with E-state index in [-0.39, 0.29) is 55.1 Å². The second-order valence-corrected chi connectivity index (χ2v) is 10.1. The van der Waals surface area contributed by atoms with Crippen molar-refractivity contribution in [1.29, 1.82) is 0 Å². The van der Waals surface area contributed by atoms with Gasteiger partial charge in [-0.05, 0) is 55.7 Å². The van der Waals surface area contributed by atoms with Crippen molar-refractivity contribution in [2.75, 3.05) is 13.7 Å². The first-order valence-corrected chi connectivity index (χ1v) is 13.3. The van der Waals surface area contributed by atoms with E-state index < -0.39 is 0 Å². The Morgan fingerprint density at radius 1 is 1.20 bits per heavy atom. The molecule has 1 unspecified atom stereocenters. The Labute approximate surface area is 211 Å². The highest BCUT2D eigenvalue weighted by molar-refractivity contribution is 5.89. The van der Waals surface area contributed by atoms with Gasteiger partial charge in [0.2, 0.25) is 0 Å².